The molecule has 0 saturated carbocycles. The summed E-state index contributed by atoms with van der Waals surface area (Å²) in [7, 11) is 0. The first-order chi connectivity index (χ1) is 9.37. The molecule has 8 heteroatoms. The molecular formula is C12H27O7Ti. The molecular weight excluding hydrogens is 304 g/mol. The Labute approximate surface area is 130 Å². The van der Waals surface area contributed by atoms with Crippen LogP contribution in [0.3, 0.4) is 0 Å². The number of aliphatic hydroxyl groups is 2. The second-order valence-electron chi connectivity index (χ2n) is 4.55. The molecule has 0 saturated heterocycles. The van der Waals surface area contributed by atoms with Gasteiger partial charge in [-0.25, -0.2) is 0 Å². The van der Waals surface area contributed by atoms with Crippen molar-refractivity contribution in [3.63, 3.8) is 0 Å². The minimum absolute atomic E-state index is 0.0145. The van der Waals surface area contributed by atoms with Crippen molar-refractivity contribution in [2.75, 3.05) is 26.4 Å². The van der Waals surface area contributed by atoms with E-state index in [9.17, 15) is 0 Å². The maximum atomic E-state index is 9.04. The van der Waals surface area contributed by atoms with Crippen LogP contribution in [0.1, 0.15) is 27.7 Å². The van der Waals surface area contributed by atoms with Crippen LogP contribution in [-0.2, 0) is 37.0 Å². The van der Waals surface area contributed by atoms with E-state index in [-0.39, 0.29) is 24.9 Å². The molecule has 121 valence electrons. The second-order valence-corrected chi connectivity index (χ2v) is 4.84. The van der Waals surface area contributed by atoms with Gasteiger partial charge in [0.25, 0.3) is 0 Å². The molecule has 4 atom stereocenters. The molecule has 0 spiro atoms. The van der Waals surface area contributed by atoms with Gasteiger partial charge in [-0.1, -0.05) is 0 Å². The third kappa shape index (κ3) is 18.3. The Morgan fingerprint density at radius 1 is 0.900 bits per heavy atom. The number of ether oxygens (including phenoxy) is 3. The number of hydrogen-bond donors (Lipinski definition) is 3. The first kappa shape index (κ1) is 22.6. The van der Waals surface area contributed by atoms with Crippen LogP contribution in [0.4, 0.5) is 0 Å². The van der Waals surface area contributed by atoms with Gasteiger partial charge >= 0.3 is 26.5 Å². The van der Waals surface area contributed by atoms with E-state index in [1.54, 1.807) is 13.8 Å². The summed E-state index contributed by atoms with van der Waals surface area (Å²) in [6, 6.07) is 0. The monoisotopic (exact) mass is 331 g/mol. The van der Waals surface area contributed by atoms with E-state index in [0.29, 0.717) is 19.8 Å². The zero-order chi connectivity index (χ0) is 16.0. The molecule has 0 fully saturated rings. The summed E-state index contributed by atoms with van der Waals surface area (Å²) in [5.74, 6) is 0. The molecule has 0 aromatic heterocycles. The fourth-order valence-corrected chi connectivity index (χ4v) is 1.05. The Hall–Kier alpha value is 0.274. The standard InChI is InChI=1S/C12H26O5.H2O.O.Ti/c1-9(14)6-15-11(3)8-17-12(4)7-16-10(2)5-13;;;/h9-14H,5-8H2,1-4H3;1H2;;/q;;;+1/p-1. The van der Waals surface area contributed by atoms with Crippen molar-refractivity contribution >= 4 is 0 Å². The van der Waals surface area contributed by atoms with Gasteiger partial charge in [0.2, 0.25) is 0 Å². The maximum absolute atomic E-state index is 9.04. The molecule has 7 nitrogen and oxygen atoms in total. The number of aliphatic hydroxyl groups excluding tert-OH is 2. The van der Waals surface area contributed by atoms with Crippen LogP contribution in [0.2, 0.25) is 0 Å². The van der Waals surface area contributed by atoms with E-state index in [1.165, 1.54) is 0 Å². The molecule has 3 N–H and O–H groups in total. The quantitative estimate of drug-likeness (QED) is 0.480. The van der Waals surface area contributed by atoms with E-state index in [4.69, 9.17) is 31.4 Å². The number of hydrogen-bond acceptors (Lipinski definition) is 6. The van der Waals surface area contributed by atoms with Crippen LogP contribution >= 0.6 is 0 Å². The Kier molecular flexibility index (Phi) is 17.7. The molecule has 0 aliphatic rings. The summed E-state index contributed by atoms with van der Waals surface area (Å²) in [5.41, 5.74) is 0. The predicted octanol–water partition coefficient (Wildman–Crippen LogP) is -0.103. The third-order valence-corrected chi connectivity index (χ3v) is 2.11. The van der Waals surface area contributed by atoms with Crippen LogP contribution in [0.25, 0.3) is 0 Å². The van der Waals surface area contributed by atoms with E-state index < -0.39 is 25.6 Å². The van der Waals surface area contributed by atoms with E-state index in [1.807, 2.05) is 13.8 Å². The first-order valence-corrected chi connectivity index (χ1v) is 7.85. The van der Waals surface area contributed by atoms with Crippen LogP contribution in [0, 0.1) is 0 Å². The Balaban J connectivity index is 0. The van der Waals surface area contributed by atoms with Gasteiger partial charge in [0.1, 0.15) is 0 Å². The van der Waals surface area contributed by atoms with Gasteiger partial charge < -0.3 is 24.4 Å². The minimum atomic E-state index is -1.75. The summed E-state index contributed by atoms with van der Waals surface area (Å²) in [6.45, 7) is 8.53. The van der Waals surface area contributed by atoms with Gasteiger partial charge in [0.15, 0.2) is 0 Å². The molecule has 0 amide bonds. The van der Waals surface area contributed by atoms with Gasteiger partial charge in [0.05, 0.1) is 50.8 Å². The van der Waals surface area contributed by atoms with E-state index in [2.05, 4.69) is 0 Å². The number of rotatable bonds is 10. The van der Waals surface area contributed by atoms with Crippen LogP contribution < -0.4 is 0 Å². The zero-order valence-corrected chi connectivity index (χ0v) is 14.2. The van der Waals surface area contributed by atoms with Crippen molar-refractivity contribution in [2.45, 2.75) is 52.1 Å². The van der Waals surface area contributed by atoms with Gasteiger partial charge in [-0.15, -0.1) is 0 Å². The van der Waals surface area contributed by atoms with Crippen molar-refractivity contribution in [1.29, 1.82) is 0 Å². The fourth-order valence-electron chi connectivity index (χ4n) is 1.05. The van der Waals surface area contributed by atoms with Crippen LogP contribution in [0.15, 0.2) is 0 Å². The SMILES string of the molecule is CC(O)COC(C)COC(C)COC(C)CO.[O]=[Ti][OH]. The molecule has 0 aromatic carbocycles. The molecule has 0 rings (SSSR count). The molecule has 0 aliphatic heterocycles. The summed E-state index contributed by atoms with van der Waals surface area (Å²) in [5, 5.41) is 17.8. The summed E-state index contributed by atoms with van der Waals surface area (Å²) in [4.78, 5) is 0. The normalized spacial score (nSPS) is 16.4. The summed E-state index contributed by atoms with van der Waals surface area (Å²) >= 11 is -1.75. The van der Waals surface area contributed by atoms with Crippen LogP contribution in [0.5, 0.6) is 0 Å². The van der Waals surface area contributed by atoms with Crippen LogP contribution in [-0.4, -0.2) is 64.7 Å². The zero-order valence-electron chi connectivity index (χ0n) is 12.6. The molecule has 0 aliphatic carbocycles. The Morgan fingerprint density at radius 3 is 1.60 bits per heavy atom. The summed E-state index contributed by atoms with van der Waals surface area (Å²) in [6.07, 6.45) is -0.711. The van der Waals surface area contributed by atoms with E-state index >= 15 is 0 Å². The third-order valence-electron chi connectivity index (χ3n) is 2.11. The first-order valence-electron chi connectivity index (χ1n) is 6.52. The van der Waals surface area contributed by atoms with Crippen molar-refractivity contribution < 1.29 is 50.9 Å². The van der Waals surface area contributed by atoms with E-state index in [0.717, 1.165) is 0 Å². The average Bonchev–Trinajstić information content (AvgIpc) is 2.40. The predicted molar refractivity (Wildman–Crippen MR) is 67.9 cm³/mol. The Morgan fingerprint density at radius 2 is 1.25 bits per heavy atom. The van der Waals surface area contributed by atoms with Gasteiger partial charge in [-0.3, -0.25) is 0 Å². The molecule has 20 heavy (non-hydrogen) atoms. The van der Waals surface area contributed by atoms with Crippen molar-refractivity contribution in [3.8, 4) is 0 Å². The molecule has 0 aromatic rings. The van der Waals surface area contributed by atoms with Gasteiger partial charge in [-0.05, 0) is 27.7 Å². The topological polar surface area (TPSA) is 105 Å². The van der Waals surface area contributed by atoms with Gasteiger partial charge in [0, 0.05) is 0 Å². The molecule has 0 bridgehead atoms. The molecule has 4 unspecified atom stereocenters. The van der Waals surface area contributed by atoms with Gasteiger partial charge in [-0.2, -0.15) is 0 Å². The second kappa shape index (κ2) is 15.7. The molecule has 0 radical (unpaired) electrons. The van der Waals surface area contributed by atoms with Crippen molar-refractivity contribution in [2.24, 2.45) is 0 Å². The average molecular weight is 331 g/mol. The van der Waals surface area contributed by atoms with Crippen molar-refractivity contribution in [3.05, 3.63) is 0 Å². The molecule has 0 heterocycles. The summed E-state index contributed by atoms with van der Waals surface area (Å²) < 4.78 is 31.9. The Bertz CT molecular complexity index is 216. The van der Waals surface area contributed by atoms with Crippen molar-refractivity contribution in [1.82, 2.24) is 0 Å². The fraction of sp³-hybridized carbons (Fsp3) is 1.00.